The van der Waals surface area contributed by atoms with Crippen LogP contribution >= 0.6 is 0 Å². The first kappa shape index (κ1) is 22.0. The molecule has 0 atom stereocenters. The van der Waals surface area contributed by atoms with Gasteiger partial charge in [0, 0.05) is 18.7 Å². The largest absolute Gasteiger partial charge is 0.507 e. The molecule has 0 bridgehead atoms. The summed E-state index contributed by atoms with van der Waals surface area (Å²) >= 11 is 0. The number of aromatic hydroxyl groups is 1. The molecule has 0 saturated carbocycles. The highest BCUT2D eigenvalue weighted by Gasteiger charge is 2.28. The second-order valence-corrected chi connectivity index (χ2v) is 8.73. The van der Waals surface area contributed by atoms with Crippen LogP contribution in [0.3, 0.4) is 0 Å². The van der Waals surface area contributed by atoms with Crippen LogP contribution in [0.15, 0.2) is 12.1 Å². The Hall–Kier alpha value is -1.06. The van der Waals surface area contributed by atoms with Gasteiger partial charge in [-0.05, 0) is 42.8 Å². The predicted molar refractivity (Wildman–Crippen MR) is 108 cm³/mol. The van der Waals surface area contributed by atoms with Gasteiger partial charge in [-0.3, -0.25) is 0 Å². The van der Waals surface area contributed by atoms with Gasteiger partial charge in [-0.1, -0.05) is 66.2 Å². The van der Waals surface area contributed by atoms with Gasteiger partial charge in [0.25, 0.3) is 0 Å². The topological polar surface area (TPSA) is 32.7 Å². The van der Waals surface area contributed by atoms with Crippen LogP contribution in [0.2, 0.25) is 0 Å². The summed E-state index contributed by atoms with van der Waals surface area (Å²) in [6.07, 6.45) is 0.895. The minimum Gasteiger partial charge on any atom is -0.507 e. The summed E-state index contributed by atoms with van der Waals surface area (Å²) in [5, 5.41) is 10.9. The smallest absolute Gasteiger partial charge is 0.123 e. The van der Waals surface area contributed by atoms with Crippen LogP contribution in [-0.2, 0) is 15.6 Å². The van der Waals surface area contributed by atoms with Crippen LogP contribution in [0.1, 0.15) is 71.6 Å². The number of benzene rings is 1. The highest BCUT2D eigenvalue weighted by Crippen LogP contribution is 2.41. The molecule has 3 nitrogen and oxygen atoms in total. The Balaban J connectivity index is 2.77. The minimum atomic E-state index is -0.120. The molecule has 0 fully saturated rings. The maximum Gasteiger partial charge on any atom is 0.123 e. The van der Waals surface area contributed by atoms with E-state index in [4.69, 9.17) is 4.74 Å². The standard InChI is InChI=1S/C22H39NO2/c1-9-23(10-2)12-14-25-13-11-22(7,8)19-16-17(3)15-18(20(19)24)21(4,5)6/h15-16,24H,9-14H2,1-8H3. The second kappa shape index (κ2) is 9.05. The monoisotopic (exact) mass is 349 g/mol. The Morgan fingerprint density at radius 3 is 2.04 bits per heavy atom. The van der Waals surface area contributed by atoms with Crippen molar-refractivity contribution in [1.29, 1.82) is 0 Å². The molecule has 0 aromatic heterocycles. The fraction of sp³-hybridized carbons (Fsp3) is 0.727. The van der Waals surface area contributed by atoms with E-state index in [1.54, 1.807) is 0 Å². The first-order valence-electron chi connectivity index (χ1n) is 9.67. The molecule has 1 N–H and O–H groups in total. The summed E-state index contributed by atoms with van der Waals surface area (Å²) in [5.41, 5.74) is 3.07. The number of phenolic OH excluding ortho intramolecular Hbond substituents is 1. The van der Waals surface area contributed by atoms with E-state index in [9.17, 15) is 5.11 Å². The fourth-order valence-corrected chi connectivity index (χ4v) is 3.16. The minimum absolute atomic E-state index is 0.0683. The lowest BCUT2D eigenvalue weighted by molar-refractivity contribution is 0.0948. The molecule has 0 aliphatic carbocycles. The Bertz CT molecular complexity index is 540. The van der Waals surface area contributed by atoms with Gasteiger partial charge in [0.1, 0.15) is 5.75 Å². The van der Waals surface area contributed by atoms with Crippen molar-refractivity contribution >= 4 is 0 Å². The van der Waals surface area contributed by atoms with Gasteiger partial charge in [-0.25, -0.2) is 0 Å². The van der Waals surface area contributed by atoms with E-state index in [-0.39, 0.29) is 10.8 Å². The maximum atomic E-state index is 10.9. The third-order valence-electron chi connectivity index (χ3n) is 5.11. The molecule has 0 unspecified atom stereocenters. The van der Waals surface area contributed by atoms with E-state index in [0.29, 0.717) is 12.4 Å². The molecule has 0 heterocycles. The summed E-state index contributed by atoms with van der Waals surface area (Å²) in [5.74, 6) is 0.450. The van der Waals surface area contributed by atoms with E-state index in [0.717, 1.165) is 43.8 Å². The number of hydrogen-bond donors (Lipinski definition) is 1. The molecule has 1 aromatic carbocycles. The van der Waals surface area contributed by atoms with Gasteiger partial charge >= 0.3 is 0 Å². The van der Waals surface area contributed by atoms with Gasteiger partial charge in [-0.15, -0.1) is 0 Å². The number of likely N-dealkylation sites (N-methyl/N-ethyl adjacent to an activating group) is 1. The van der Waals surface area contributed by atoms with Crippen molar-refractivity contribution in [1.82, 2.24) is 4.90 Å². The molecular formula is C22H39NO2. The third kappa shape index (κ3) is 6.31. The third-order valence-corrected chi connectivity index (χ3v) is 5.11. The molecule has 0 aliphatic rings. The van der Waals surface area contributed by atoms with Crippen LogP contribution in [0.4, 0.5) is 0 Å². The molecule has 25 heavy (non-hydrogen) atoms. The molecular weight excluding hydrogens is 310 g/mol. The quantitative estimate of drug-likeness (QED) is 0.635. The Labute approximate surface area is 155 Å². The van der Waals surface area contributed by atoms with Gasteiger partial charge < -0.3 is 14.7 Å². The van der Waals surface area contributed by atoms with E-state index in [1.807, 2.05) is 0 Å². The van der Waals surface area contributed by atoms with Crippen LogP contribution in [0, 0.1) is 6.92 Å². The van der Waals surface area contributed by atoms with Crippen molar-refractivity contribution in [2.24, 2.45) is 0 Å². The van der Waals surface area contributed by atoms with Crippen molar-refractivity contribution < 1.29 is 9.84 Å². The summed E-state index contributed by atoms with van der Waals surface area (Å²) in [6, 6.07) is 4.23. The van der Waals surface area contributed by atoms with Crippen LogP contribution in [0.5, 0.6) is 5.75 Å². The number of rotatable bonds is 9. The van der Waals surface area contributed by atoms with Crippen molar-refractivity contribution in [2.45, 2.75) is 72.6 Å². The summed E-state index contributed by atoms with van der Waals surface area (Å²) in [6.45, 7) is 21.9. The second-order valence-electron chi connectivity index (χ2n) is 8.73. The fourth-order valence-electron chi connectivity index (χ4n) is 3.16. The van der Waals surface area contributed by atoms with Gasteiger partial charge in [0.15, 0.2) is 0 Å². The highest BCUT2D eigenvalue weighted by molar-refractivity contribution is 5.49. The predicted octanol–water partition coefficient (Wildman–Crippen LogP) is 5.02. The van der Waals surface area contributed by atoms with Gasteiger partial charge in [0.2, 0.25) is 0 Å². The average Bonchev–Trinajstić information content (AvgIpc) is 2.51. The zero-order chi connectivity index (χ0) is 19.3. The average molecular weight is 350 g/mol. The maximum absolute atomic E-state index is 10.9. The zero-order valence-corrected chi connectivity index (χ0v) is 17.7. The molecule has 0 amide bonds. The van der Waals surface area contributed by atoms with E-state index < -0.39 is 0 Å². The summed E-state index contributed by atoms with van der Waals surface area (Å²) in [7, 11) is 0. The number of phenols is 1. The lowest BCUT2D eigenvalue weighted by Crippen LogP contribution is -2.28. The zero-order valence-electron chi connectivity index (χ0n) is 17.7. The van der Waals surface area contributed by atoms with Crippen molar-refractivity contribution in [3.63, 3.8) is 0 Å². The molecule has 0 radical (unpaired) electrons. The number of hydrogen-bond acceptors (Lipinski definition) is 3. The van der Waals surface area contributed by atoms with Crippen LogP contribution in [0.25, 0.3) is 0 Å². The number of ether oxygens (including phenoxy) is 1. The molecule has 144 valence electrons. The van der Waals surface area contributed by atoms with Crippen molar-refractivity contribution in [3.8, 4) is 5.75 Å². The molecule has 3 heteroatoms. The van der Waals surface area contributed by atoms with E-state index >= 15 is 0 Å². The summed E-state index contributed by atoms with van der Waals surface area (Å²) < 4.78 is 5.87. The van der Waals surface area contributed by atoms with Crippen LogP contribution < -0.4 is 0 Å². The first-order chi connectivity index (χ1) is 11.5. The molecule has 0 saturated heterocycles. The van der Waals surface area contributed by atoms with Crippen LogP contribution in [-0.4, -0.2) is 42.9 Å². The van der Waals surface area contributed by atoms with Crippen molar-refractivity contribution in [3.05, 3.63) is 28.8 Å². The number of nitrogens with zero attached hydrogens (tertiary/aromatic N) is 1. The Morgan fingerprint density at radius 1 is 0.960 bits per heavy atom. The number of aryl methyl sites for hydroxylation is 1. The summed E-state index contributed by atoms with van der Waals surface area (Å²) in [4.78, 5) is 2.37. The molecule has 0 spiro atoms. The van der Waals surface area contributed by atoms with Gasteiger partial charge in [-0.2, -0.15) is 0 Å². The van der Waals surface area contributed by atoms with Crippen molar-refractivity contribution in [2.75, 3.05) is 32.8 Å². The van der Waals surface area contributed by atoms with E-state index in [2.05, 4.69) is 72.4 Å². The highest BCUT2D eigenvalue weighted by atomic mass is 16.5. The van der Waals surface area contributed by atoms with E-state index in [1.165, 1.54) is 5.56 Å². The molecule has 0 aliphatic heterocycles. The first-order valence-corrected chi connectivity index (χ1v) is 9.67. The Kier molecular flexibility index (Phi) is 7.95. The molecule has 1 aromatic rings. The Morgan fingerprint density at radius 2 is 1.52 bits per heavy atom. The molecule has 1 rings (SSSR count). The SMILES string of the molecule is CCN(CC)CCOCCC(C)(C)c1cc(C)cc(C(C)(C)C)c1O. The lowest BCUT2D eigenvalue weighted by Gasteiger charge is -2.30. The normalized spacial score (nSPS) is 12.8. The van der Waals surface area contributed by atoms with Gasteiger partial charge in [0.05, 0.1) is 6.61 Å². The lowest BCUT2D eigenvalue weighted by atomic mass is 9.76.